The number of hydrogen-bond donors (Lipinski definition) is 0. The molecule has 2 aromatic rings. The number of alkyl halides is 3. The quantitative estimate of drug-likeness (QED) is 0.478. The number of ether oxygens (including phenoxy) is 2. The first kappa shape index (κ1) is 27.5. The number of likely N-dealkylation sites (N-methyl/N-ethyl adjacent to an activating group) is 1. The van der Waals surface area contributed by atoms with Gasteiger partial charge in [0.05, 0.1) is 0 Å². The van der Waals surface area contributed by atoms with Crippen LogP contribution in [0.4, 0.5) is 13.2 Å². The molecule has 2 amide bonds. The monoisotopic (exact) mass is 532 g/mol. The number of Topliss-reactive ketones (excluding diaryl/α,β-unsaturated/α-hetero) is 1. The summed E-state index contributed by atoms with van der Waals surface area (Å²) in [5.41, 5.74) is 2.58. The highest BCUT2D eigenvalue weighted by molar-refractivity contribution is 6.00. The summed E-state index contributed by atoms with van der Waals surface area (Å²) in [6, 6.07) is 11.6. The van der Waals surface area contributed by atoms with E-state index in [-0.39, 0.29) is 35.8 Å². The van der Waals surface area contributed by atoms with Crippen LogP contribution in [0.3, 0.4) is 0 Å². The maximum absolute atomic E-state index is 12.8. The second-order valence-electron chi connectivity index (χ2n) is 10.1. The maximum atomic E-state index is 12.8. The van der Waals surface area contributed by atoms with Crippen molar-refractivity contribution in [2.45, 2.75) is 50.9 Å². The Balaban J connectivity index is 1.24. The van der Waals surface area contributed by atoms with Crippen LogP contribution in [0, 0.1) is 5.92 Å². The van der Waals surface area contributed by atoms with E-state index < -0.39 is 18.9 Å². The van der Waals surface area contributed by atoms with E-state index in [0.29, 0.717) is 30.7 Å². The fraction of sp³-hybridized carbons (Fsp3) is 0.464. The van der Waals surface area contributed by atoms with Gasteiger partial charge in [0.15, 0.2) is 18.5 Å². The number of aryl methyl sites for hydroxylation is 1. The number of ketones is 1. The van der Waals surface area contributed by atoms with Gasteiger partial charge in [0.1, 0.15) is 18.0 Å². The second-order valence-corrected chi connectivity index (χ2v) is 10.1. The van der Waals surface area contributed by atoms with Crippen molar-refractivity contribution in [2.24, 2.45) is 5.92 Å². The number of carbonyl (C=O) groups is 3. The third-order valence-electron chi connectivity index (χ3n) is 6.91. The summed E-state index contributed by atoms with van der Waals surface area (Å²) < 4.78 is 47.3. The van der Waals surface area contributed by atoms with Crippen LogP contribution in [0.25, 0.3) is 0 Å². The van der Waals surface area contributed by atoms with Crippen LogP contribution in [0.2, 0.25) is 0 Å². The average molecular weight is 533 g/mol. The zero-order valence-electron chi connectivity index (χ0n) is 21.4. The Morgan fingerprint density at radius 3 is 2.42 bits per heavy atom. The van der Waals surface area contributed by atoms with E-state index in [9.17, 15) is 27.6 Å². The first-order valence-electron chi connectivity index (χ1n) is 12.6. The van der Waals surface area contributed by atoms with Gasteiger partial charge < -0.3 is 19.3 Å². The maximum Gasteiger partial charge on any atom is 0.422 e. The third kappa shape index (κ3) is 7.05. The molecule has 0 aromatic heterocycles. The van der Waals surface area contributed by atoms with Gasteiger partial charge in [-0.2, -0.15) is 13.2 Å². The molecule has 1 saturated carbocycles. The Morgan fingerprint density at radius 1 is 1.05 bits per heavy atom. The van der Waals surface area contributed by atoms with Gasteiger partial charge in [0.2, 0.25) is 5.91 Å². The predicted octanol–water partition coefficient (Wildman–Crippen LogP) is 4.42. The number of carbonyl (C=O) groups excluding carboxylic acids is 3. The van der Waals surface area contributed by atoms with E-state index in [2.05, 4.69) is 4.74 Å². The molecule has 1 aliphatic heterocycles. The highest BCUT2D eigenvalue weighted by atomic mass is 19.4. The van der Waals surface area contributed by atoms with Crippen molar-refractivity contribution >= 4 is 17.6 Å². The molecule has 7 nitrogen and oxygen atoms in total. The number of rotatable bonds is 9. The van der Waals surface area contributed by atoms with Gasteiger partial charge in [-0.25, -0.2) is 0 Å². The lowest BCUT2D eigenvalue weighted by Crippen LogP contribution is -2.36. The van der Waals surface area contributed by atoms with E-state index in [1.54, 1.807) is 19.0 Å². The SMILES string of the molecule is CN(C)C(=O)CN1Cc2ccc(CCC3CC[C@@H](Oc4ccc(OCC(F)(F)F)cc4)C(=O)C3)cc2C1=O. The molecular formula is C28H31F3N2O5. The Morgan fingerprint density at radius 2 is 1.76 bits per heavy atom. The summed E-state index contributed by atoms with van der Waals surface area (Å²) in [7, 11) is 3.33. The number of fused-ring (bicyclic) bond motifs is 1. The highest BCUT2D eigenvalue weighted by Crippen LogP contribution is 2.31. The Bertz CT molecular complexity index is 1180. The fourth-order valence-electron chi connectivity index (χ4n) is 4.75. The van der Waals surface area contributed by atoms with Gasteiger partial charge in [-0.1, -0.05) is 12.1 Å². The van der Waals surface area contributed by atoms with Crippen LogP contribution in [0.5, 0.6) is 11.5 Å². The first-order chi connectivity index (χ1) is 18.0. The van der Waals surface area contributed by atoms with Crippen molar-refractivity contribution in [3.63, 3.8) is 0 Å². The van der Waals surface area contributed by atoms with Gasteiger partial charge >= 0.3 is 6.18 Å². The molecule has 4 rings (SSSR count). The van der Waals surface area contributed by atoms with Crippen molar-refractivity contribution in [2.75, 3.05) is 27.2 Å². The molecule has 1 aliphatic carbocycles. The summed E-state index contributed by atoms with van der Waals surface area (Å²) >= 11 is 0. The summed E-state index contributed by atoms with van der Waals surface area (Å²) in [5.74, 6) is 0.438. The van der Waals surface area contributed by atoms with Gasteiger partial charge in [-0.3, -0.25) is 14.4 Å². The summed E-state index contributed by atoms with van der Waals surface area (Å²) in [4.78, 5) is 40.5. The molecule has 0 radical (unpaired) electrons. The zero-order valence-corrected chi connectivity index (χ0v) is 21.4. The van der Waals surface area contributed by atoms with Crippen LogP contribution in [-0.2, 0) is 22.6 Å². The topological polar surface area (TPSA) is 76.2 Å². The molecule has 204 valence electrons. The molecule has 2 aliphatic rings. The summed E-state index contributed by atoms with van der Waals surface area (Å²) in [6.45, 7) is -0.886. The van der Waals surface area contributed by atoms with Crippen molar-refractivity contribution in [1.82, 2.24) is 9.80 Å². The van der Waals surface area contributed by atoms with Crippen molar-refractivity contribution in [1.29, 1.82) is 0 Å². The molecule has 2 aromatic carbocycles. The van der Waals surface area contributed by atoms with Crippen LogP contribution < -0.4 is 9.47 Å². The molecule has 0 bridgehead atoms. The minimum Gasteiger partial charge on any atom is -0.484 e. The third-order valence-corrected chi connectivity index (χ3v) is 6.91. The molecule has 1 heterocycles. The normalized spacial score (nSPS) is 19.3. The van der Waals surface area contributed by atoms with E-state index >= 15 is 0 Å². The number of benzene rings is 2. The number of amides is 2. The summed E-state index contributed by atoms with van der Waals surface area (Å²) in [6.07, 6.45) is -1.68. The number of halogens is 3. The van der Waals surface area contributed by atoms with E-state index in [1.807, 2.05) is 18.2 Å². The smallest absolute Gasteiger partial charge is 0.422 e. The largest absolute Gasteiger partial charge is 0.484 e. The average Bonchev–Trinajstić information content (AvgIpc) is 3.17. The lowest BCUT2D eigenvalue weighted by molar-refractivity contribution is -0.153. The predicted molar refractivity (Wildman–Crippen MR) is 133 cm³/mol. The van der Waals surface area contributed by atoms with Gasteiger partial charge in [0, 0.05) is 32.6 Å². The highest BCUT2D eigenvalue weighted by Gasteiger charge is 2.32. The van der Waals surface area contributed by atoms with E-state index in [1.165, 1.54) is 29.2 Å². The Labute approximate surface area is 219 Å². The molecule has 2 atom stereocenters. The molecule has 0 spiro atoms. The number of nitrogens with zero attached hydrogens (tertiary/aromatic N) is 2. The van der Waals surface area contributed by atoms with Crippen LogP contribution in [0.1, 0.15) is 47.2 Å². The standard InChI is InChI=1S/C28H31F3N2O5/c1-32(2)26(35)16-33-15-20-7-5-18(13-23(20)27(33)36)3-4-19-6-12-25(24(34)14-19)38-22-10-8-21(9-11-22)37-17-28(29,30)31/h5,7-11,13,19,25H,3-4,6,12,14-17H2,1-2H3/t19?,25-/m1/s1. The molecule has 0 saturated heterocycles. The van der Waals surface area contributed by atoms with Crippen LogP contribution in [-0.4, -0.2) is 66.9 Å². The van der Waals surface area contributed by atoms with Crippen molar-refractivity contribution in [3.05, 3.63) is 59.2 Å². The van der Waals surface area contributed by atoms with Gasteiger partial charge in [-0.15, -0.1) is 0 Å². The van der Waals surface area contributed by atoms with Crippen LogP contribution in [0.15, 0.2) is 42.5 Å². The van der Waals surface area contributed by atoms with Gasteiger partial charge in [-0.05, 0) is 73.1 Å². The molecule has 1 unspecified atom stereocenters. The molecule has 38 heavy (non-hydrogen) atoms. The molecule has 1 fully saturated rings. The Hall–Kier alpha value is -3.56. The molecular weight excluding hydrogens is 501 g/mol. The zero-order chi connectivity index (χ0) is 27.4. The summed E-state index contributed by atoms with van der Waals surface area (Å²) in [5, 5.41) is 0. The second kappa shape index (κ2) is 11.4. The molecule has 10 heteroatoms. The van der Waals surface area contributed by atoms with Crippen molar-refractivity contribution < 1.29 is 37.0 Å². The van der Waals surface area contributed by atoms with Crippen molar-refractivity contribution in [3.8, 4) is 11.5 Å². The van der Waals surface area contributed by atoms with Crippen LogP contribution >= 0.6 is 0 Å². The number of hydrogen-bond acceptors (Lipinski definition) is 5. The van der Waals surface area contributed by atoms with E-state index in [4.69, 9.17) is 4.74 Å². The first-order valence-corrected chi connectivity index (χ1v) is 12.6. The van der Waals surface area contributed by atoms with Gasteiger partial charge in [0.25, 0.3) is 5.91 Å². The lowest BCUT2D eigenvalue weighted by Gasteiger charge is -2.28. The minimum absolute atomic E-state index is 0.00369. The Kier molecular flexibility index (Phi) is 8.28. The lowest BCUT2D eigenvalue weighted by atomic mass is 9.82. The van der Waals surface area contributed by atoms with E-state index in [0.717, 1.165) is 30.4 Å². The minimum atomic E-state index is -4.41. The molecule has 0 N–H and O–H groups in total. The fourth-order valence-corrected chi connectivity index (χ4v) is 4.75.